The summed E-state index contributed by atoms with van der Waals surface area (Å²) in [5.74, 6) is 0.748. The number of ether oxygens (including phenoxy) is 1. The lowest BCUT2D eigenvalue weighted by atomic mass is 10.1. The van der Waals surface area contributed by atoms with Crippen LogP contribution in [0.25, 0.3) is 0 Å². The van der Waals surface area contributed by atoms with Crippen molar-refractivity contribution in [2.45, 2.75) is 0 Å². The molecule has 1 aromatic carbocycles. The van der Waals surface area contributed by atoms with Crippen LogP contribution in [0.4, 0.5) is 5.69 Å². The standard InChI is InChI=1S/C14H19N3O2/c1-16-8-9-19-13-3-2-11(10-12(13)14(16)18)17-6-4-15-5-7-17/h2-3,10,15H,4-9H2,1H3. The van der Waals surface area contributed by atoms with Crippen LogP contribution in [0, 0.1) is 0 Å². The molecule has 1 amide bonds. The summed E-state index contributed by atoms with van der Waals surface area (Å²) in [6.07, 6.45) is 0. The van der Waals surface area contributed by atoms with Crippen molar-refractivity contribution in [2.75, 3.05) is 51.3 Å². The van der Waals surface area contributed by atoms with Crippen LogP contribution in [0.1, 0.15) is 10.4 Å². The second kappa shape index (κ2) is 5.09. The van der Waals surface area contributed by atoms with Crippen LogP contribution in [0.15, 0.2) is 18.2 Å². The molecule has 5 heteroatoms. The predicted molar refractivity (Wildman–Crippen MR) is 74.0 cm³/mol. The molecule has 0 spiro atoms. The van der Waals surface area contributed by atoms with Crippen molar-refractivity contribution in [2.24, 2.45) is 0 Å². The molecule has 2 heterocycles. The van der Waals surface area contributed by atoms with E-state index in [2.05, 4.69) is 10.2 Å². The van der Waals surface area contributed by atoms with Gasteiger partial charge in [-0.05, 0) is 18.2 Å². The fraction of sp³-hybridized carbons (Fsp3) is 0.500. The predicted octanol–water partition coefficient (Wildman–Crippen LogP) is 0.561. The first-order valence-corrected chi connectivity index (χ1v) is 6.74. The summed E-state index contributed by atoms with van der Waals surface area (Å²) in [6.45, 7) is 5.12. The van der Waals surface area contributed by atoms with Gasteiger partial charge < -0.3 is 19.9 Å². The number of rotatable bonds is 1. The van der Waals surface area contributed by atoms with E-state index in [-0.39, 0.29) is 5.91 Å². The summed E-state index contributed by atoms with van der Waals surface area (Å²) in [5.41, 5.74) is 1.78. The number of carbonyl (C=O) groups is 1. The molecule has 1 saturated heterocycles. The van der Waals surface area contributed by atoms with Crippen LogP contribution in [-0.2, 0) is 0 Å². The molecule has 0 aliphatic carbocycles. The fourth-order valence-electron chi connectivity index (χ4n) is 2.53. The van der Waals surface area contributed by atoms with Crippen molar-refractivity contribution < 1.29 is 9.53 Å². The highest BCUT2D eigenvalue weighted by molar-refractivity contribution is 5.98. The van der Waals surface area contributed by atoms with Gasteiger partial charge in [0.15, 0.2) is 0 Å². The molecule has 2 aliphatic heterocycles. The summed E-state index contributed by atoms with van der Waals surface area (Å²) in [4.78, 5) is 16.3. The Morgan fingerprint density at radius 3 is 2.79 bits per heavy atom. The number of piperazine rings is 1. The highest BCUT2D eigenvalue weighted by Crippen LogP contribution is 2.28. The van der Waals surface area contributed by atoms with Crippen molar-refractivity contribution in [1.82, 2.24) is 10.2 Å². The van der Waals surface area contributed by atoms with Crippen molar-refractivity contribution >= 4 is 11.6 Å². The lowest BCUT2D eigenvalue weighted by Crippen LogP contribution is -2.43. The number of benzene rings is 1. The molecule has 0 unspecified atom stereocenters. The highest BCUT2D eigenvalue weighted by Gasteiger charge is 2.22. The quantitative estimate of drug-likeness (QED) is 0.802. The number of fused-ring (bicyclic) bond motifs is 1. The van der Waals surface area contributed by atoms with Crippen LogP contribution in [-0.4, -0.2) is 57.2 Å². The van der Waals surface area contributed by atoms with Crippen LogP contribution in [0.2, 0.25) is 0 Å². The SMILES string of the molecule is CN1CCOc2ccc(N3CCNCC3)cc2C1=O. The molecule has 2 aliphatic rings. The minimum absolute atomic E-state index is 0.0458. The first-order valence-electron chi connectivity index (χ1n) is 6.74. The van der Waals surface area contributed by atoms with E-state index in [1.807, 2.05) is 25.2 Å². The molecule has 0 aromatic heterocycles. The van der Waals surface area contributed by atoms with Crippen LogP contribution >= 0.6 is 0 Å². The third kappa shape index (κ3) is 2.38. The van der Waals surface area contributed by atoms with Crippen molar-refractivity contribution in [3.05, 3.63) is 23.8 Å². The zero-order chi connectivity index (χ0) is 13.2. The number of amides is 1. The Morgan fingerprint density at radius 2 is 2.00 bits per heavy atom. The molecule has 0 saturated carbocycles. The van der Waals surface area contributed by atoms with Gasteiger partial charge in [-0.15, -0.1) is 0 Å². The van der Waals surface area contributed by atoms with Crippen LogP contribution < -0.4 is 15.0 Å². The Balaban J connectivity index is 1.93. The first kappa shape index (κ1) is 12.3. The summed E-state index contributed by atoms with van der Waals surface area (Å²) >= 11 is 0. The molecular formula is C14H19N3O2. The molecule has 3 rings (SSSR count). The van der Waals surface area contributed by atoms with Gasteiger partial charge in [0, 0.05) is 38.9 Å². The third-order valence-corrected chi connectivity index (χ3v) is 3.71. The molecule has 19 heavy (non-hydrogen) atoms. The molecule has 1 aromatic rings. The summed E-state index contributed by atoms with van der Waals surface area (Å²) in [5, 5.41) is 3.33. The van der Waals surface area contributed by atoms with Gasteiger partial charge in [0.2, 0.25) is 0 Å². The van der Waals surface area contributed by atoms with E-state index < -0.39 is 0 Å². The molecule has 0 atom stereocenters. The maximum absolute atomic E-state index is 12.3. The Bertz CT molecular complexity index is 484. The van der Waals surface area contributed by atoms with Crippen molar-refractivity contribution in [3.63, 3.8) is 0 Å². The molecule has 1 N–H and O–H groups in total. The number of anilines is 1. The topological polar surface area (TPSA) is 44.8 Å². The number of hydrogen-bond donors (Lipinski definition) is 1. The van der Waals surface area contributed by atoms with Gasteiger partial charge in [0.25, 0.3) is 5.91 Å². The molecule has 0 radical (unpaired) electrons. The highest BCUT2D eigenvalue weighted by atomic mass is 16.5. The van der Waals surface area contributed by atoms with Gasteiger partial charge in [-0.1, -0.05) is 0 Å². The number of nitrogens with one attached hydrogen (secondary N) is 1. The van der Waals surface area contributed by atoms with E-state index >= 15 is 0 Å². The van der Waals surface area contributed by atoms with E-state index in [0.717, 1.165) is 31.9 Å². The second-order valence-electron chi connectivity index (χ2n) is 4.99. The summed E-state index contributed by atoms with van der Waals surface area (Å²) in [7, 11) is 1.82. The van der Waals surface area contributed by atoms with E-state index in [1.54, 1.807) is 4.90 Å². The average molecular weight is 261 g/mol. The Kier molecular flexibility index (Phi) is 3.29. The van der Waals surface area contributed by atoms with Gasteiger partial charge in [0.1, 0.15) is 12.4 Å². The van der Waals surface area contributed by atoms with E-state index in [4.69, 9.17) is 4.74 Å². The normalized spacial score (nSPS) is 19.7. The van der Waals surface area contributed by atoms with Crippen molar-refractivity contribution in [1.29, 1.82) is 0 Å². The second-order valence-corrected chi connectivity index (χ2v) is 4.99. The molecule has 5 nitrogen and oxygen atoms in total. The van der Waals surface area contributed by atoms with Gasteiger partial charge in [-0.3, -0.25) is 4.79 Å². The smallest absolute Gasteiger partial charge is 0.257 e. The molecule has 1 fully saturated rings. The van der Waals surface area contributed by atoms with Crippen LogP contribution in [0.5, 0.6) is 5.75 Å². The minimum Gasteiger partial charge on any atom is -0.491 e. The Hall–Kier alpha value is -1.75. The van der Waals surface area contributed by atoms with Crippen molar-refractivity contribution in [3.8, 4) is 5.75 Å². The zero-order valence-corrected chi connectivity index (χ0v) is 11.2. The molecule has 0 bridgehead atoms. The Morgan fingerprint density at radius 1 is 1.21 bits per heavy atom. The number of likely N-dealkylation sites (N-methyl/N-ethyl adjacent to an activating group) is 1. The minimum atomic E-state index is 0.0458. The van der Waals surface area contributed by atoms with Crippen LogP contribution in [0.3, 0.4) is 0 Å². The zero-order valence-electron chi connectivity index (χ0n) is 11.2. The number of carbonyl (C=O) groups excluding carboxylic acids is 1. The maximum Gasteiger partial charge on any atom is 0.257 e. The fourth-order valence-corrected chi connectivity index (χ4v) is 2.53. The number of nitrogens with zero attached hydrogens (tertiary/aromatic N) is 2. The van der Waals surface area contributed by atoms with Gasteiger partial charge in [0.05, 0.1) is 12.1 Å². The largest absolute Gasteiger partial charge is 0.491 e. The molecule has 102 valence electrons. The van der Waals surface area contributed by atoms with E-state index in [9.17, 15) is 4.79 Å². The maximum atomic E-state index is 12.3. The van der Waals surface area contributed by atoms with E-state index in [1.165, 1.54) is 0 Å². The molecular weight excluding hydrogens is 242 g/mol. The monoisotopic (exact) mass is 261 g/mol. The van der Waals surface area contributed by atoms with Gasteiger partial charge in [-0.25, -0.2) is 0 Å². The number of hydrogen-bond acceptors (Lipinski definition) is 4. The summed E-state index contributed by atoms with van der Waals surface area (Å²) < 4.78 is 5.64. The first-order chi connectivity index (χ1) is 9.25. The lowest BCUT2D eigenvalue weighted by molar-refractivity contribution is 0.0797. The third-order valence-electron chi connectivity index (χ3n) is 3.71. The Labute approximate surface area is 113 Å². The average Bonchev–Trinajstić information content (AvgIpc) is 2.60. The van der Waals surface area contributed by atoms with Gasteiger partial charge in [-0.2, -0.15) is 0 Å². The van der Waals surface area contributed by atoms with E-state index in [0.29, 0.717) is 24.5 Å². The lowest BCUT2D eigenvalue weighted by Gasteiger charge is -2.30. The summed E-state index contributed by atoms with van der Waals surface area (Å²) in [6, 6.07) is 5.93. The van der Waals surface area contributed by atoms with Gasteiger partial charge >= 0.3 is 0 Å².